The molecule has 2 aromatic rings. The Morgan fingerprint density at radius 1 is 1.32 bits per heavy atom. The molecule has 0 aliphatic carbocycles. The summed E-state index contributed by atoms with van der Waals surface area (Å²) in [5.41, 5.74) is 1.10. The smallest absolute Gasteiger partial charge is 0.277 e. The van der Waals surface area contributed by atoms with Crippen LogP contribution in [-0.4, -0.2) is 22.7 Å². The van der Waals surface area contributed by atoms with Crippen molar-refractivity contribution in [2.75, 3.05) is 7.11 Å². The lowest BCUT2D eigenvalue weighted by Gasteiger charge is -2.07. The second kappa shape index (κ2) is 5.06. The van der Waals surface area contributed by atoms with Crippen molar-refractivity contribution in [3.8, 4) is 17.0 Å². The van der Waals surface area contributed by atoms with Gasteiger partial charge in [0.1, 0.15) is 5.75 Å². The Hall–Kier alpha value is -2.43. The first-order valence-electron chi connectivity index (χ1n) is 5.76. The molecule has 0 bridgehead atoms. The van der Waals surface area contributed by atoms with Crippen molar-refractivity contribution in [2.24, 2.45) is 7.05 Å². The number of ketones is 1. The zero-order valence-electron chi connectivity index (χ0n) is 11.0. The van der Waals surface area contributed by atoms with Crippen molar-refractivity contribution in [1.82, 2.24) is 9.78 Å². The highest BCUT2D eigenvalue weighted by molar-refractivity contribution is 5.94. The molecule has 0 saturated carbocycles. The van der Waals surface area contributed by atoms with Gasteiger partial charge in [-0.25, -0.2) is 4.68 Å². The summed E-state index contributed by atoms with van der Waals surface area (Å²) in [5.74, 6) is 0.421. The lowest BCUT2D eigenvalue weighted by atomic mass is 10.1. The fourth-order valence-corrected chi connectivity index (χ4v) is 1.78. The fraction of sp³-hybridized carbons (Fsp3) is 0.214. The summed E-state index contributed by atoms with van der Waals surface area (Å²) in [6.45, 7) is 1.37. The lowest BCUT2D eigenvalue weighted by Crippen LogP contribution is -2.25. The SMILES string of the molecule is COc1cccc(-c2cc(C(C)=O)c(=O)n(C)n2)c1. The Balaban J connectivity index is 2.62. The number of hydrogen-bond acceptors (Lipinski definition) is 4. The third kappa shape index (κ3) is 2.54. The van der Waals surface area contributed by atoms with Gasteiger partial charge in [-0.05, 0) is 25.1 Å². The molecule has 5 nitrogen and oxygen atoms in total. The quantitative estimate of drug-likeness (QED) is 0.785. The van der Waals surface area contributed by atoms with E-state index in [4.69, 9.17) is 4.74 Å². The Kier molecular flexibility index (Phi) is 3.46. The van der Waals surface area contributed by atoms with Crippen LogP contribution in [0, 0.1) is 0 Å². The van der Waals surface area contributed by atoms with Crippen molar-refractivity contribution in [1.29, 1.82) is 0 Å². The minimum absolute atomic E-state index is 0.135. The van der Waals surface area contributed by atoms with Gasteiger partial charge >= 0.3 is 0 Å². The standard InChI is InChI=1S/C14H14N2O3/c1-9(17)12-8-13(15-16(2)14(12)18)10-5-4-6-11(7-10)19-3/h4-8H,1-3H3. The maximum Gasteiger partial charge on any atom is 0.277 e. The van der Waals surface area contributed by atoms with Crippen LogP contribution in [0.4, 0.5) is 0 Å². The molecule has 98 valence electrons. The average molecular weight is 258 g/mol. The first-order chi connectivity index (χ1) is 9.02. The number of carbonyl (C=O) groups excluding carboxylic acids is 1. The van der Waals surface area contributed by atoms with Crippen LogP contribution in [0.3, 0.4) is 0 Å². The normalized spacial score (nSPS) is 10.3. The molecule has 1 aromatic heterocycles. The van der Waals surface area contributed by atoms with Crippen LogP contribution in [0.5, 0.6) is 5.75 Å². The molecule has 2 rings (SSSR count). The number of hydrogen-bond donors (Lipinski definition) is 0. The zero-order valence-corrected chi connectivity index (χ0v) is 11.0. The fourth-order valence-electron chi connectivity index (χ4n) is 1.78. The number of Topliss-reactive ketones (excluding diaryl/α,β-unsaturated/α-hetero) is 1. The number of rotatable bonds is 3. The predicted molar refractivity (Wildman–Crippen MR) is 71.5 cm³/mol. The van der Waals surface area contributed by atoms with Crippen molar-refractivity contribution < 1.29 is 9.53 Å². The molecule has 1 aromatic carbocycles. The summed E-state index contributed by atoms with van der Waals surface area (Å²) >= 11 is 0. The molecular formula is C14H14N2O3. The number of nitrogens with zero attached hydrogens (tertiary/aromatic N) is 2. The van der Waals surface area contributed by atoms with Crippen molar-refractivity contribution in [3.63, 3.8) is 0 Å². The molecule has 0 aliphatic heterocycles. The number of benzene rings is 1. The van der Waals surface area contributed by atoms with Crippen LogP contribution < -0.4 is 10.3 Å². The molecule has 0 atom stereocenters. The van der Waals surface area contributed by atoms with E-state index in [0.717, 1.165) is 5.56 Å². The number of aryl methyl sites for hydroxylation is 1. The van der Waals surface area contributed by atoms with Crippen LogP contribution >= 0.6 is 0 Å². The van der Waals surface area contributed by atoms with Crippen molar-refractivity contribution in [3.05, 3.63) is 46.2 Å². The van der Waals surface area contributed by atoms with Crippen LogP contribution in [0.1, 0.15) is 17.3 Å². The van der Waals surface area contributed by atoms with Gasteiger partial charge < -0.3 is 4.74 Å². The summed E-state index contributed by atoms with van der Waals surface area (Å²) in [6, 6.07) is 8.81. The zero-order chi connectivity index (χ0) is 14.0. The van der Waals surface area contributed by atoms with Gasteiger partial charge in [0.05, 0.1) is 18.4 Å². The van der Waals surface area contributed by atoms with E-state index in [1.54, 1.807) is 13.2 Å². The van der Waals surface area contributed by atoms with E-state index in [0.29, 0.717) is 11.4 Å². The first kappa shape index (κ1) is 13.0. The molecule has 0 fully saturated rings. The van der Waals surface area contributed by atoms with Gasteiger partial charge in [-0.15, -0.1) is 0 Å². The Bertz CT molecular complexity index is 689. The molecule has 5 heteroatoms. The van der Waals surface area contributed by atoms with Crippen LogP contribution in [0.15, 0.2) is 35.1 Å². The highest BCUT2D eigenvalue weighted by Crippen LogP contribution is 2.21. The van der Waals surface area contributed by atoms with E-state index < -0.39 is 0 Å². The summed E-state index contributed by atoms with van der Waals surface area (Å²) < 4.78 is 6.32. The van der Waals surface area contributed by atoms with Crippen LogP contribution in [-0.2, 0) is 7.05 Å². The molecule has 0 spiro atoms. The number of methoxy groups -OCH3 is 1. The first-order valence-corrected chi connectivity index (χ1v) is 5.76. The predicted octanol–water partition coefficient (Wildman–Crippen LogP) is 1.66. The van der Waals surface area contributed by atoms with Gasteiger partial charge in [0.25, 0.3) is 5.56 Å². The van der Waals surface area contributed by atoms with Gasteiger partial charge in [-0.1, -0.05) is 12.1 Å². The second-order valence-corrected chi connectivity index (χ2v) is 4.16. The number of ether oxygens (including phenoxy) is 1. The van der Waals surface area contributed by atoms with Gasteiger partial charge in [-0.2, -0.15) is 5.10 Å². The summed E-state index contributed by atoms with van der Waals surface area (Å²) in [4.78, 5) is 23.2. The van der Waals surface area contributed by atoms with Crippen molar-refractivity contribution >= 4 is 5.78 Å². The van der Waals surface area contributed by atoms with E-state index in [1.807, 2.05) is 18.2 Å². The van der Waals surface area contributed by atoms with Crippen molar-refractivity contribution in [2.45, 2.75) is 6.92 Å². The topological polar surface area (TPSA) is 61.2 Å². The summed E-state index contributed by atoms with van der Waals surface area (Å²) in [6.07, 6.45) is 0. The third-order valence-corrected chi connectivity index (χ3v) is 2.81. The van der Waals surface area contributed by atoms with E-state index >= 15 is 0 Å². The summed E-state index contributed by atoms with van der Waals surface area (Å²) in [5, 5.41) is 4.16. The molecule has 0 N–H and O–H groups in total. The van der Waals surface area contributed by atoms with Gasteiger partial charge in [0.15, 0.2) is 5.78 Å². The Labute approximate surface area is 110 Å². The van der Waals surface area contributed by atoms with E-state index in [1.165, 1.54) is 24.7 Å². The second-order valence-electron chi connectivity index (χ2n) is 4.16. The van der Waals surface area contributed by atoms with Crippen LogP contribution in [0.2, 0.25) is 0 Å². The molecule has 19 heavy (non-hydrogen) atoms. The maximum atomic E-state index is 11.8. The van der Waals surface area contributed by atoms with Gasteiger partial charge in [0, 0.05) is 12.6 Å². The van der Waals surface area contributed by atoms with E-state index in [-0.39, 0.29) is 16.9 Å². The molecule has 0 radical (unpaired) electrons. The average Bonchev–Trinajstić information content (AvgIpc) is 2.41. The molecule has 0 aliphatic rings. The highest BCUT2D eigenvalue weighted by atomic mass is 16.5. The minimum Gasteiger partial charge on any atom is -0.497 e. The van der Waals surface area contributed by atoms with Gasteiger partial charge in [-0.3, -0.25) is 9.59 Å². The van der Waals surface area contributed by atoms with Gasteiger partial charge in [0.2, 0.25) is 0 Å². The monoisotopic (exact) mass is 258 g/mol. The molecular weight excluding hydrogens is 244 g/mol. The Morgan fingerprint density at radius 3 is 2.68 bits per heavy atom. The third-order valence-electron chi connectivity index (χ3n) is 2.81. The Morgan fingerprint density at radius 2 is 2.05 bits per heavy atom. The largest absolute Gasteiger partial charge is 0.497 e. The minimum atomic E-state index is -0.390. The molecule has 0 saturated heterocycles. The molecule has 0 amide bonds. The maximum absolute atomic E-state index is 11.8. The lowest BCUT2D eigenvalue weighted by molar-refractivity contribution is 0.101. The van der Waals surface area contributed by atoms with E-state index in [2.05, 4.69) is 5.10 Å². The highest BCUT2D eigenvalue weighted by Gasteiger charge is 2.11. The number of carbonyl (C=O) groups is 1. The number of aromatic nitrogens is 2. The van der Waals surface area contributed by atoms with E-state index in [9.17, 15) is 9.59 Å². The summed E-state index contributed by atoms with van der Waals surface area (Å²) in [7, 11) is 3.10. The van der Waals surface area contributed by atoms with Crippen LogP contribution in [0.25, 0.3) is 11.3 Å². The molecule has 1 heterocycles. The molecule has 0 unspecified atom stereocenters.